The lowest BCUT2D eigenvalue weighted by molar-refractivity contribution is -0.137. The number of hydrogen-bond donors (Lipinski definition) is 1. The van der Waals surface area contributed by atoms with Gasteiger partial charge in [0.05, 0.1) is 5.92 Å². The van der Waals surface area contributed by atoms with Crippen LogP contribution in [0, 0.1) is 11.8 Å². The van der Waals surface area contributed by atoms with E-state index in [1.165, 1.54) is 5.56 Å². The number of nitrogens with one attached hydrogen (secondary N) is 1. The highest BCUT2D eigenvalue weighted by Crippen LogP contribution is 2.34. The molecule has 0 bridgehead atoms. The van der Waals surface area contributed by atoms with Crippen LogP contribution in [0.5, 0.6) is 0 Å². The van der Waals surface area contributed by atoms with E-state index in [2.05, 4.69) is 32.2 Å². The van der Waals surface area contributed by atoms with Gasteiger partial charge in [0.2, 0.25) is 11.8 Å². The van der Waals surface area contributed by atoms with Gasteiger partial charge in [-0.1, -0.05) is 39.0 Å². The first-order valence-corrected chi connectivity index (χ1v) is 10.9. The largest absolute Gasteiger partial charge is 0.342 e. The molecule has 2 amide bonds. The third-order valence-corrected chi connectivity index (χ3v) is 6.45. The topological polar surface area (TPSA) is 52.7 Å². The Labute approximate surface area is 181 Å². The summed E-state index contributed by atoms with van der Waals surface area (Å²) < 4.78 is 0. The van der Waals surface area contributed by atoms with E-state index in [0.717, 1.165) is 51.1 Å². The van der Waals surface area contributed by atoms with Crippen molar-refractivity contribution >= 4 is 29.9 Å². The second kappa shape index (κ2) is 11.0. The Balaban J connectivity index is 0.00000300. The zero-order valence-electron chi connectivity index (χ0n) is 18.0. The summed E-state index contributed by atoms with van der Waals surface area (Å²) in [6, 6.07) is 8.16. The van der Waals surface area contributed by atoms with E-state index in [0.29, 0.717) is 24.8 Å². The maximum absolute atomic E-state index is 13.0. The van der Waals surface area contributed by atoms with Crippen LogP contribution in [-0.4, -0.2) is 49.4 Å². The minimum absolute atomic E-state index is 0. The van der Waals surface area contributed by atoms with Crippen LogP contribution in [0.2, 0.25) is 0 Å². The molecule has 1 aromatic carbocycles. The fourth-order valence-electron chi connectivity index (χ4n) is 4.44. The number of piperidine rings is 1. The molecule has 2 aliphatic heterocycles. The van der Waals surface area contributed by atoms with Gasteiger partial charge >= 0.3 is 0 Å². The summed E-state index contributed by atoms with van der Waals surface area (Å²) in [5.74, 6) is 1.10. The molecular weight excluding hydrogens is 386 g/mol. The number of rotatable bonds is 7. The van der Waals surface area contributed by atoms with Gasteiger partial charge in [-0.25, -0.2) is 0 Å². The minimum Gasteiger partial charge on any atom is -0.342 e. The van der Waals surface area contributed by atoms with Crippen LogP contribution < -0.4 is 10.2 Å². The van der Waals surface area contributed by atoms with Gasteiger partial charge in [-0.15, -0.1) is 12.4 Å². The molecule has 2 heterocycles. The van der Waals surface area contributed by atoms with Gasteiger partial charge in [0.25, 0.3) is 0 Å². The molecule has 2 unspecified atom stereocenters. The normalized spacial score (nSPS) is 21.2. The molecule has 2 fully saturated rings. The molecule has 6 heteroatoms. The number of anilines is 1. The van der Waals surface area contributed by atoms with Gasteiger partial charge in [-0.3, -0.25) is 9.59 Å². The Morgan fingerprint density at radius 2 is 1.90 bits per heavy atom. The first-order valence-electron chi connectivity index (χ1n) is 10.9. The summed E-state index contributed by atoms with van der Waals surface area (Å²) in [6.07, 6.45) is 3.48. The quantitative estimate of drug-likeness (QED) is 0.728. The van der Waals surface area contributed by atoms with Crippen molar-refractivity contribution in [1.82, 2.24) is 10.2 Å². The standard InChI is InChI=1S/C23H35N3O2.ClH/c1-4-17(3)20-8-6-7-9-21(20)26-16-19(14-22(26)27)23(28)25-12-10-18(11-13-25)15-24-5-2;/h6-9,17-19,24H,4-5,10-16H2,1-3H3;1H. The maximum atomic E-state index is 13.0. The van der Waals surface area contributed by atoms with Crippen molar-refractivity contribution in [2.45, 2.75) is 52.4 Å². The predicted octanol–water partition coefficient (Wildman–Crippen LogP) is 3.82. The van der Waals surface area contributed by atoms with Gasteiger partial charge < -0.3 is 15.1 Å². The average molecular weight is 422 g/mol. The third kappa shape index (κ3) is 5.52. The fourth-order valence-corrected chi connectivity index (χ4v) is 4.44. The van der Waals surface area contributed by atoms with Crippen LogP contribution in [0.3, 0.4) is 0 Å². The van der Waals surface area contributed by atoms with Crippen molar-refractivity contribution < 1.29 is 9.59 Å². The van der Waals surface area contributed by atoms with Gasteiger partial charge in [0.1, 0.15) is 0 Å². The second-order valence-corrected chi connectivity index (χ2v) is 8.35. The number of para-hydroxylation sites is 1. The Kier molecular flexibility index (Phi) is 8.97. The summed E-state index contributed by atoms with van der Waals surface area (Å²) in [4.78, 5) is 29.6. The third-order valence-electron chi connectivity index (χ3n) is 6.45. The van der Waals surface area contributed by atoms with Crippen LogP contribution >= 0.6 is 12.4 Å². The number of amides is 2. The van der Waals surface area contributed by atoms with E-state index >= 15 is 0 Å². The second-order valence-electron chi connectivity index (χ2n) is 8.35. The van der Waals surface area contributed by atoms with E-state index in [-0.39, 0.29) is 30.1 Å². The zero-order valence-corrected chi connectivity index (χ0v) is 18.8. The van der Waals surface area contributed by atoms with Crippen molar-refractivity contribution in [3.63, 3.8) is 0 Å². The molecule has 1 N–H and O–H groups in total. The first-order chi connectivity index (χ1) is 13.5. The molecule has 162 valence electrons. The highest BCUT2D eigenvalue weighted by molar-refractivity contribution is 6.00. The Bertz CT molecular complexity index is 688. The van der Waals surface area contributed by atoms with Crippen LogP contribution in [-0.2, 0) is 9.59 Å². The smallest absolute Gasteiger partial charge is 0.228 e. The zero-order chi connectivity index (χ0) is 20.1. The fraction of sp³-hybridized carbons (Fsp3) is 0.652. The van der Waals surface area contributed by atoms with E-state index in [1.54, 1.807) is 0 Å². The number of likely N-dealkylation sites (tertiary alicyclic amines) is 1. The Morgan fingerprint density at radius 1 is 1.21 bits per heavy atom. The lowest BCUT2D eigenvalue weighted by atomic mass is 9.95. The van der Waals surface area contributed by atoms with E-state index in [1.807, 2.05) is 28.0 Å². The molecule has 0 aromatic heterocycles. The van der Waals surface area contributed by atoms with Crippen LogP contribution in [0.1, 0.15) is 57.9 Å². The number of nitrogens with zero attached hydrogens (tertiary/aromatic N) is 2. The number of hydrogen-bond acceptors (Lipinski definition) is 3. The number of carbonyl (C=O) groups excluding carboxylic acids is 2. The van der Waals surface area contributed by atoms with E-state index in [4.69, 9.17) is 0 Å². The molecule has 29 heavy (non-hydrogen) atoms. The number of halogens is 1. The summed E-state index contributed by atoms with van der Waals surface area (Å²) in [5.41, 5.74) is 2.19. The SMILES string of the molecule is CCNCC1CCN(C(=O)C2CC(=O)N(c3ccccc3C(C)CC)C2)CC1.Cl. The van der Waals surface area contributed by atoms with Gasteiger partial charge in [0, 0.05) is 31.7 Å². The van der Waals surface area contributed by atoms with Crippen molar-refractivity contribution in [2.24, 2.45) is 11.8 Å². The molecule has 1 aromatic rings. The van der Waals surface area contributed by atoms with Gasteiger partial charge in [-0.2, -0.15) is 0 Å². The maximum Gasteiger partial charge on any atom is 0.228 e. The number of carbonyl (C=O) groups is 2. The molecule has 0 radical (unpaired) electrons. The number of benzene rings is 1. The van der Waals surface area contributed by atoms with Crippen LogP contribution in [0.25, 0.3) is 0 Å². The molecule has 0 saturated carbocycles. The summed E-state index contributed by atoms with van der Waals surface area (Å²) >= 11 is 0. The summed E-state index contributed by atoms with van der Waals surface area (Å²) in [7, 11) is 0. The summed E-state index contributed by atoms with van der Waals surface area (Å²) in [5, 5.41) is 3.41. The highest BCUT2D eigenvalue weighted by Gasteiger charge is 2.38. The Morgan fingerprint density at radius 3 is 2.55 bits per heavy atom. The Hall–Kier alpha value is -1.59. The molecular formula is C23H36ClN3O2. The molecule has 0 spiro atoms. The van der Waals surface area contributed by atoms with Gasteiger partial charge in [0.15, 0.2) is 0 Å². The molecule has 5 nitrogen and oxygen atoms in total. The average Bonchev–Trinajstić information content (AvgIpc) is 3.13. The summed E-state index contributed by atoms with van der Waals surface area (Å²) in [6.45, 7) is 10.7. The van der Waals surface area contributed by atoms with Crippen LogP contribution in [0.4, 0.5) is 5.69 Å². The predicted molar refractivity (Wildman–Crippen MR) is 121 cm³/mol. The lowest BCUT2D eigenvalue weighted by Crippen LogP contribution is -2.44. The van der Waals surface area contributed by atoms with Gasteiger partial charge in [-0.05, 0) is 55.8 Å². The van der Waals surface area contributed by atoms with E-state index in [9.17, 15) is 9.59 Å². The van der Waals surface area contributed by atoms with Crippen molar-refractivity contribution in [2.75, 3.05) is 37.6 Å². The minimum atomic E-state index is -0.206. The van der Waals surface area contributed by atoms with Crippen LogP contribution in [0.15, 0.2) is 24.3 Å². The van der Waals surface area contributed by atoms with Crippen molar-refractivity contribution in [3.05, 3.63) is 29.8 Å². The van der Waals surface area contributed by atoms with Crippen molar-refractivity contribution in [3.8, 4) is 0 Å². The van der Waals surface area contributed by atoms with Crippen molar-refractivity contribution in [1.29, 1.82) is 0 Å². The first kappa shape index (κ1) is 23.7. The molecule has 2 saturated heterocycles. The molecule has 2 aliphatic rings. The molecule has 3 rings (SSSR count). The molecule has 2 atom stereocenters. The van der Waals surface area contributed by atoms with E-state index < -0.39 is 0 Å². The monoisotopic (exact) mass is 421 g/mol. The lowest BCUT2D eigenvalue weighted by Gasteiger charge is -2.33. The molecule has 0 aliphatic carbocycles. The highest BCUT2D eigenvalue weighted by atomic mass is 35.5.